The Hall–Kier alpha value is -3.66. The minimum atomic E-state index is -0.182. The Labute approximate surface area is 178 Å². The minimum absolute atomic E-state index is 0.181. The van der Waals surface area contributed by atoms with Crippen molar-refractivity contribution in [2.45, 2.75) is 6.42 Å². The quantitative estimate of drug-likeness (QED) is 0.502. The van der Waals surface area contributed by atoms with E-state index in [2.05, 4.69) is 24.9 Å². The van der Waals surface area contributed by atoms with E-state index in [4.69, 9.17) is 15.9 Å². The van der Waals surface area contributed by atoms with E-state index in [0.717, 1.165) is 38.3 Å². The van der Waals surface area contributed by atoms with Gasteiger partial charge in [0.25, 0.3) is 0 Å². The lowest BCUT2D eigenvalue weighted by atomic mass is 10.1. The van der Waals surface area contributed by atoms with Crippen molar-refractivity contribution in [3.8, 4) is 11.6 Å². The molecular formula is C21H23FN8O. The fourth-order valence-electron chi connectivity index (χ4n) is 3.96. The Balaban J connectivity index is 1.31. The molecule has 1 aliphatic heterocycles. The lowest BCUT2D eigenvalue weighted by Gasteiger charge is -2.36. The molecule has 10 heteroatoms. The van der Waals surface area contributed by atoms with Crippen molar-refractivity contribution in [1.82, 2.24) is 24.5 Å². The number of nitrogens with zero attached hydrogens (tertiary/aromatic N) is 6. The Morgan fingerprint density at radius 3 is 2.55 bits per heavy atom. The van der Waals surface area contributed by atoms with Crippen LogP contribution in [0.25, 0.3) is 17.2 Å². The Bertz CT molecular complexity index is 1200. The Morgan fingerprint density at radius 1 is 1.00 bits per heavy atom. The van der Waals surface area contributed by atoms with E-state index in [9.17, 15) is 4.39 Å². The van der Waals surface area contributed by atoms with Crippen molar-refractivity contribution in [1.29, 1.82) is 0 Å². The highest BCUT2D eigenvalue weighted by Crippen LogP contribution is 2.24. The number of nitrogen functional groups attached to an aromatic ring is 2. The number of nitrogens with two attached hydrogens (primary N) is 2. The van der Waals surface area contributed by atoms with Gasteiger partial charge in [0.05, 0.1) is 12.0 Å². The fraction of sp³-hybridized carbons (Fsp3) is 0.286. The van der Waals surface area contributed by atoms with Gasteiger partial charge in [-0.05, 0) is 30.7 Å². The molecular weight excluding hydrogens is 399 g/mol. The summed E-state index contributed by atoms with van der Waals surface area (Å²) < 4.78 is 21.0. The molecule has 4 N–H and O–H groups in total. The van der Waals surface area contributed by atoms with Gasteiger partial charge < -0.3 is 20.8 Å². The average Bonchev–Trinajstić information content (AvgIpc) is 3.45. The third-order valence-electron chi connectivity index (χ3n) is 5.62. The van der Waals surface area contributed by atoms with E-state index in [-0.39, 0.29) is 11.8 Å². The van der Waals surface area contributed by atoms with Gasteiger partial charge in [0.1, 0.15) is 11.6 Å². The van der Waals surface area contributed by atoms with Crippen LogP contribution in [-0.4, -0.2) is 57.2 Å². The zero-order valence-corrected chi connectivity index (χ0v) is 16.9. The molecule has 5 rings (SSSR count). The first-order chi connectivity index (χ1) is 15.1. The summed E-state index contributed by atoms with van der Waals surface area (Å²) in [6.45, 7) is 3.97. The second-order valence-electron chi connectivity index (χ2n) is 7.51. The molecule has 0 radical (unpaired) electrons. The van der Waals surface area contributed by atoms with Crippen LogP contribution in [0, 0.1) is 5.82 Å². The summed E-state index contributed by atoms with van der Waals surface area (Å²) in [6, 6.07) is 10.5. The molecule has 1 aliphatic rings. The number of hydrogen-bond donors (Lipinski definition) is 2. The summed E-state index contributed by atoms with van der Waals surface area (Å²) >= 11 is 0. The highest BCUT2D eigenvalue weighted by molar-refractivity contribution is 5.64. The zero-order chi connectivity index (χ0) is 21.4. The molecule has 160 valence electrons. The van der Waals surface area contributed by atoms with Crippen LogP contribution in [0.5, 0.6) is 0 Å². The number of para-hydroxylation sites is 1. The molecule has 31 heavy (non-hydrogen) atoms. The molecule has 0 unspecified atom stereocenters. The molecule has 1 saturated heterocycles. The van der Waals surface area contributed by atoms with E-state index in [1.165, 1.54) is 10.6 Å². The predicted molar refractivity (Wildman–Crippen MR) is 116 cm³/mol. The van der Waals surface area contributed by atoms with Gasteiger partial charge in [-0.1, -0.05) is 12.1 Å². The van der Waals surface area contributed by atoms with E-state index in [0.29, 0.717) is 35.2 Å². The van der Waals surface area contributed by atoms with E-state index >= 15 is 0 Å². The number of furan rings is 1. The second kappa shape index (κ2) is 7.88. The number of fused-ring (bicyclic) bond motifs is 1. The molecule has 1 fully saturated rings. The second-order valence-corrected chi connectivity index (χ2v) is 7.51. The number of hydrogen-bond acceptors (Lipinski definition) is 8. The maximum Gasteiger partial charge on any atom is 0.225 e. The predicted octanol–water partition coefficient (Wildman–Crippen LogP) is 2.05. The largest absolute Gasteiger partial charge is 0.461 e. The zero-order valence-electron chi connectivity index (χ0n) is 16.9. The molecule has 9 nitrogen and oxygen atoms in total. The van der Waals surface area contributed by atoms with Crippen LogP contribution in [0.3, 0.4) is 0 Å². The Kier molecular flexibility index (Phi) is 4.91. The number of aromatic nitrogens is 4. The van der Waals surface area contributed by atoms with Crippen molar-refractivity contribution in [3.05, 3.63) is 54.0 Å². The fourth-order valence-corrected chi connectivity index (χ4v) is 3.96. The molecule has 0 saturated carbocycles. The molecule has 0 aliphatic carbocycles. The standard InChI is InChI=1S/C21H23FN8O/c22-15-4-1-2-5-16(15)29-11-9-28(10-12-29)8-7-14-18(23)25-21(24)30-20(14)26-19(27-30)17-6-3-13-31-17/h1-6,13H,7-12,23H2,(H2,24,25). The van der Waals surface area contributed by atoms with Crippen LogP contribution in [-0.2, 0) is 6.42 Å². The van der Waals surface area contributed by atoms with Gasteiger partial charge in [-0.3, -0.25) is 4.90 Å². The minimum Gasteiger partial charge on any atom is -0.461 e. The molecule has 0 spiro atoms. The lowest BCUT2D eigenvalue weighted by molar-refractivity contribution is 0.260. The van der Waals surface area contributed by atoms with Crippen molar-refractivity contribution >= 4 is 23.1 Å². The number of piperazine rings is 1. The Morgan fingerprint density at radius 2 is 1.81 bits per heavy atom. The first kappa shape index (κ1) is 19.3. The highest BCUT2D eigenvalue weighted by atomic mass is 19.1. The molecule has 4 aromatic rings. The van der Waals surface area contributed by atoms with Gasteiger partial charge in [-0.15, -0.1) is 5.10 Å². The number of anilines is 3. The smallest absolute Gasteiger partial charge is 0.225 e. The van der Waals surface area contributed by atoms with Crippen LogP contribution >= 0.6 is 0 Å². The van der Waals surface area contributed by atoms with Crippen LogP contribution in [0.4, 0.5) is 21.8 Å². The van der Waals surface area contributed by atoms with Crippen molar-refractivity contribution in [2.24, 2.45) is 0 Å². The molecule has 0 bridgehead atoms. The lowest BCUT2D eigenvalue weighted by Crippen LogP contribution is -2.47. The topological polar surface area (TPSA) is 115 Å². The third kappa shape index (κ3) is 3.66. The maximum absolute atomic E-state index is 14.1. The van der Waals surface area contributed by atoms with Crippen molar-refractivity contribution in [3.63, 3.8) is 0 Å². The summed E-state index contributed by atoms with van der Waals surface area (Å²) in [7, 11) is 0. The number of rotatable bonds is 5. The first-order valence-corrected chi connectivity index (χ1v) is 10.2. The van der Waals surface area contributed by atoms with Crippen LogP contribution < -0.4 is 16.4 Å². The summed E-state index contributed by atoms with van der Waals surface area (Å²) in [5.74, 6) is 1.34. The first-order valence-electron chi connectivity index (χ1n) is 10.2. The third-order valence-corrected chi connectivity index (χ3v) is 5.62. The van der Waals surface area contributed by atoms with Crippen LogP contribution in [0.2, 0.25) is 0 Å². The van der Waals surface area contributed by atoms with Gasteiger partial charge in [-0.25, -0.2) is 9.37 Å². The van der Waals surface area contributed by atoms with Gasteiger partial charge >= 0.3 is 0 Å². The molecule has 1 aromatic carbocycles. The monoisotopic (exact) mass is 422 g/mol. The van der Waals surface area contributed by atoms with Gasteiger partial charge in [0, 0.05) is 38.3 Å². The van der Waals surface area contributed by atoms with Crippen LogP contribution in [0.1, 0.15) is 5.56 Å². The summed E-state index contributed by atoms with van der Waals surface area (Å²) in [6.07, 6.45) is 2.22. The van der Waals surface area contributed by atoms with Crippen molar-refractivity contribution in [2.75, 3.05) is 49.1 Å². The number of halogens is 1. The summed E-state index contributed by atoms with van der Waals surface area (Å²) in [4.78, 5) is 13.2. The van der Waals surface area contributed by atoms with E-state index in [1.807, 2.05) is 12.1 Å². The van der Waals surface area contributed by atoms with Gasteiger partial charge in [0.2, 0.25) is 11.8 Å². The van der Waals surface area contributed by atoms with E-state index in [1.54, 1.807) is 24.5 Å². The van der Waals surface area contributed by atoms with Crippen molar-refractivity contribution < 1.29 is 8.81 Å². The SMILES string of the molecule is Nc1nc(N)n2nc(-c3ccco3)nc2c1CCN1CCN(c2ccccc2F)CC1. The van der Waals surface area contributed by atoms with Gasteiger partial charge in [0.15, 0.2) is 11.4 Å². The van der Waals surface area contributed by atoms with Crippen LogP contribution in [0.15, 0.2) is 47.1 Å². The molecule has 0 amide bonds. The van der Waals surface area contributed by atoms with Gasteiger partial charge in [-0.2, -0.15) is 9.50 Å². The molecule has 3 aromatic heterocycles. The van der Waals surface area contributed by atoms with E-state index < -0.39 is 0 Å². The summed E-state index contributed by atoms with van der Waals surface area (Å²) in [5.41, 5.74) is 14.2. The highest BCUT2D eigenvalue weighted by Gasteiger charge is 2.21. The maximum atomic E-state index is 14.1. The molecule has 0 atom stereocenters. The molecule has 4 heterocycles. The summed E-state index contributed by atoms with van der Waals surface area (Å²) in [5, 5.41) is 4.42. The normalized spacial score (nSPS) is 15.1. The number of benzene rings is 1. The average molecular weight is 422 g/mol.